The summed E-state index contributed by atoms with van der Waals surface area (Å²) in [6.45, 7) is 1.88. The largest absolute Gasteiger partial charge is 0.443 e. The Morgan fingerprint density at radius 3 is 3.00 bits per heavy atom. The zero-order chi connectivity index (χ0) is 9.26. The summed E-state index contributed by atoms with van der Waals surface area (Å²) in [5, 5.41) is 1.99. The molecule has 0 spiro atoms. The van der Waals surface area contributed by atoms with Crippen molar-refractivity contribution in [2.24, 2.45) is 5.73 Å². The van der Waals surface area contributed by atoms with Crippen LogP contribution in [0.2, 0.25) is 0 Å². The predicted molar refractivity (Wildman–Crippen MR) is 52.4 cm³/mol. The van der Waals surface area contributed by atoms with Crippen LogP contribution in [0.3, 0.4) is 0 Å². The lowest BCUT2D eigenvalue weighted by Gasteiger charge is -1.94. The first-order valence-electron chi connectivity index (χ1n) is 4.02. The molecule has 13 heavy (non-hydrogen) atoms. The Kier molecular flexibility index (Phi) is 2.16. The van der Waals surface area contributed by atoms with Gasteiger partial charge in [-0.3, -0.25) is 0 Å². The lowest BCUT2D eigenvalue weighted by Crippen LogP contribution is -2.04. The molecule has 0 aliphatic heterocycles. The maximum absolute atomic E-state index is 5.66. The van der Waals surface area contributed by atoms with Gasteiger partial charge in [-0.2, -0.15) is 0 Å². The third-order valence-electron chi connectivity index (χ3n) is 1.72. The number of hydrogen-bond donors (Lipinski definition) is 1. The number of rotatable bonds is 2. The highest BCUT2D eigenvalue weighted by Crippen LogP contribution is 2.24. The first-order valence-corrected chi connectivity index (χ1v) is 4.90. The van der Waals surface area contributed by atoms with E-state index in [2.05, 4.69) is 4.98 Å². The van der Waals surface area contributed by atoms with E-state index in [0.717, 1.165) is 10.6 Å². The molecule has 1 atom stereocenters. The molecular weight excluding hydrogens is 184 g/mol. The van der Waals surface area contributed by atoms with Gasteiger partial charge in [-0.25, -0.2) is 4.98 Å². The van der Waals surface area contributed by atoms with Gasteiger partial charge in [-0.1, -0.05) is 6.07 Å². The molecule has 1 unspecified atom stereocenters. The molecule has 0 aliphatic rings. The van der Waals surface area contributed by atoms with E-state index in [9.17, 15) is 0 Å². The first-order chi connectivity index (χ1) is 6.27. The molecule has 0 radical (unpaired) electrons. The van der Waals surface area contributed by atoms with Gasteiger partial charge in [0.25, 0.3) is 0 Å². The molecule has 0 fully saturated rings. The van der Waals surface area contributed by atoms with E-state index < -0.39 is 0 Å². The van der Waals surface area contributed by atoms with Crippen LogP contribution >= 0.6 is 11.3 Å². The Bertz CT molecular complexity index is 378. The van der Waals surface area contributed by atoms with E-state index in [1.165, 1.54) is 0 Å². The summed E-state index contributed by atoms with van der Waals surface area (Å²) in [6.07, 6.45) is 1.61. The zero-order valence-corrected chi connectivity index (χ0v) is 8.04. The molecule has 0 bridgehead atoms. The predicted octanol–water partition coefficient (Wildman–Crippen LogP) is 2.42. The molecule has 4 heteroatoms. The molecule has 2 aromatic rings. The summed E-state index contributed by atoms with van der Waals surface area (Å²) < 4.78 is 5.29. The van der Waals surface area contributed by atoms with Crippen LogP contribution in [-0.4, -0.2) is 4.98 Å². The highest BCUT2D eigenvalue weighted by atomic mass is 32.1. The summed E-state index contributed by atoms with van der Waals surface area (Å²) in [4.78, 5) is 5.31. The summed E-state index contributed by atoms with van der Waals surface area (Å²) >= 11 is 1.60. The third kappa shape index (κ3) is 1.64. The number of thiophene rings is 1. The van der Waals surface area contributed by atoms with Gasteiger partial charge in [0, 0.05) is 6.04 Å². The Balaban J connectivity index is 2.33. The van der Waals surface area contributed by atoms with Gasteiger partial charge in [-0.15, -0.1) is 11.3 Å². The van der Waals surface area contributed by atoms with Crippen LogP contribution in [0.15, 0.2) is 28.2 Å². The molecule has 68 valence electrons. The Morgan fingerprint density at radius 1 is 1.62 bits per heavy atom. The van der Waals surface area contributed by atoms with Crippen molar-refractivity contribution < 1.29 is 4.42 Å². The van der Waals surface area contributed by atoms with E-state index in [1.54, 1.807) is 17.6 Å². The van der Waals surface area contributed by atoms with Gasteiger partial charge in [-0.05, 0) is 18.4 Å². The molecule has 2 rings (SSSR count). The second kappa shape index (κ2) is 3.32. The quantitative estimate of drug-likeness (QED) is 0.798. The Morgan fingerprint density at radius 2 is 2.46 bits per heavy atom. The minimum absolute atomic E-state index is 0.0718. The monoisotopic (exact) mass is 194 g/mol. The second-order valence-corrected chi connectivity index (χ2v) is 3.79. The number of oxazole rings is 1. The van der Waals surface area contributed by atoms with Gasteiger partial charge >= 0.3 is 0 Å². The fourth-order valence-electron chi connectivity index (χ4n) is 1.01. The van der Waals surface area contributed by atoms with Crippen LogP contribution in [0.25, 0.3) is 10.8 Å². The van der Waals surface area contributed by atoms with Crippen molar-refractivity contribution in [3.63, 3.8) is 0 Å². The minimum atomic E-state index is -0.0718. The maximum atomic E-state index is 5.66. The van der Waals surface area contributed by atoms with Gasteiger partial charge in [0.15, 0.2) is 0 Å². The number of nitrogens with zero attached hydrogens (tertiary/aromatic N) is 1. The van der Waals surface area contributed by atoms with Gasteiger partial charge in [0.05, 0.1) is 10.6 Å². The molecule has 2 heterocycles. The molecule has 0 amide bonds. The summed E-state index contributed by atoms with van der Waals surface area (Å²) in [7, 11) is 0. The van der Waals surface area contributed by atoms with Crippen molar-refractivity contribution in [1.82, 2.24) is 4.98 Å². The summed E-state index contributed by atoms with van der Waals surface area (Å²) in [5.74, 6) is 0.655. The molecular formula is C9H10N2OS. The van der Waals surface area contributed by atoms with Crippen molar-refractivity contribution in [2.75, 3.05) is 0 Å². The third-order valence-corrected chi connectivity index (χ3v) is 2.58. The van der Waals surface area contributed by atoms with Crippen LogP contribution in [0.4, 0.5) is 0 Å². The zero-order valence-electron chi connectivity index (χ0n) is 7.23. The molecule has 0 saturated heterocycles. The van der Waals surface area contributed by atoms with Crippen LogP contribution < -0.4 is 5.73 Å². The fraction of sp³-hybridized carbons (Fsp3) is 0.222. The molecule has 0 aromatic carbocycles. The van der Waals surface area contributed by atoms with Crippen molar-refractivity contribution in [3.8, 4) is 10.8 Å². The van der Waals surface area contributed by atoms with E-state index in [-0.39, 0.29) is 6.04 Å². The lowest BCUT2D eigenvalue weighted by molar-refractivity contribution is 0.572. The number of aromatic nitrogens is 1. The molecule has 2 N–H and O–H groups in total. The highest BCUT2D eigenvalue weighted by molar-refractivity contribution is 7.13. The second-order valence-electron chi connectivity index (χ2n) is 2.84. The van der Waals surface area contributed by atoms with Crippen molar-refractivity contribution in [1.29, 1.82) is 0 Å². The minimum Gasteiger partial charge on any atom is -0.443 e. The lowest BCUT2D eigenvalue weighted by atomic mass is 10.3. The molecule has 2 aromatic heterocycles. The van der Waals surface area contributed by atoms with E-state index >= 15 is 0 Å². The number of nitrogens with two attached hydrogens (primary N) is 1. The van der Waals surface area contributed by atoms with Crippen LogP contribution in [0.1, 0.15) is 18.7 Å². The normalized spacial score (nSPS) is 13.1. The summed E-state index contributed by atoms with van der Waals surface area (Å²) in [6, 6.07) is 3.87. The first kappa shape index (κ1) is 8.47. The standard InChI is InChI=1S/C9H10N2OS/c1-6(10)7-5-12-9(11-7)8-3-2-4-13-8/h2-6H,10H2,1H3. The van der Waals surface area contributed by atoms with Crippen molar-refractivity contribution >= 4 is 11.3 Å². The Hall–Kier alpha value is -1.13. The average Bonchev–Trinajstić information content (AvgIpc) is 2.75. The van der Waals surface area contributed by atoms with Crippen molar-refractivity contribution in [2.45, 2.75) is 13.0 Å². The average molecular weight is 194 g/mol. The van der Waals surface area contributed by atoms with E-state index in [4.69, 9.17) is 10.2 Å². The number of hydrogen-bond acceptors (Lipinski definition) is 4. The maximum Gasteiger partial charge on any atom is 0.236 e. The van der Waals surface area contributed by atoms with Crippen LogP contribution in [0, 0.1) is 0 Å². The SMILES string of the molecule is CC(N)c1coc(-c2cccs2)n1. The van der Waals surface area contributed by atoms with Gasteiger partial charge in [0.2, 0.25) is 5.89 Å². The van der Waals surface area contributed by atoms with E-state index in [1.807, 2.05) is 24.4 Å². The van der Waals surface area contributed by atoms with Crippen molar-refractivity contribution in [3.05, 3.63) is 29.5 Å². The molecule has 0 saturated carbocycles. The molecule has 3 nitrogen and oxygen atoms in total. The molecule has 0 aliphatic carbocycles. The van der Waals surface area contributed by atoms with Gasteiger partial charge in [0.1, 0.15) is 6.26 Å². The van der Waals surface area contributed by atoms with Crippen LogP contribution in [0.5, 0.6) is 0 Å². The smallest absolute Gasteiger partial charge is 0.236 e. The fourth-order valence-corrected chi connectivity index (χ4v) is 1.66. The summed E-state index contributed by atoms with van der Waals surface area (Å²) in [5.41, 5.74) is 6.46. The highest BCUT2D eigenvalue weighted by Gasteiger charge is 2.09. The topological polar surface area (TPSA) is 52.0 Å². The Labute approximate surface area is 80.2 Å². The van der Waals surface area contributed by atoms with Gasteiger partial charge < -0.3 is 10.2 Å². The van der Waals surface area contributed by atoms with E-state index in [0.29, 0.717) is 5.89 Å². The van der Waals surface area contributed by atoms with Crippen LogP contribution in [-0.2, 0) is 0 Å².